The number of halogens is 3. The molecule has 0 saturated carbocycles. The van der Waals surface area contributed by atoms with Gasteiger partial charge in [0, 0.05) is 35.1 Å². The molecule has 14 heteroatoms. The van der Waals surface area contributed by atoms with Crippen LogP contribution in [0.3, 0.4) is 0 Å². The third-order valence-corrected chi connectivity index (χ3v) is 6.57. The number of carbonyl (C=O) groups is 4. The maximum atomic E-state index is 14.8. The summed E-state index contributed by atoms with van der Waals surface area (Å²) in [5.74, 6) is -10.6. The molecule has 1 saturated heterocycles. The zero-order valence-electron chi connectivity index (χ0n) is 18.6. The first kappa shape index (κ1) is 26.0. The molecule has 0 bridgehead atoms. The molecular formula is C22H14B4ClF2N3O4. The van der Waals surface area contributed by atoms with Gasteiger partial charge in [0.2, 0.25) is 19.8 Å². The topological polar surface area (TPSA) is 86.8 Å². The van der Waals surface area contributed by atoms with Gasteiger partial charge in [-0.05, 0) is 35.1 Å². The number of fused-ring (bicyclic) bond motifs is 1. The van der Waals surface area contributed by atoms with E-state index in [1.165, 1.54) is 30.3 Å². The number of piperidine rings is 1. The molecule has 2 heterocycles. The van der Waals surface area contributed by atoms with Crippen LogP contribution in [-0.2, 0) is 26.9 Å². The first-order valence-electron chi connectivity index (χ1n) is 10.6. The minimum atomic E-state index is -3.99. The Kier molecular flexibility index (Phi) is 6.58. The maximum Gasteiger partial charge on any atom is 0.348 e. The van der Waals surface area contributed by atoms with Crippen molar-refractivity contribution < 1.29 is 28.0 Å². The smallest absolute Gasteiger partial charge is 0.348 e. The predicted molar refractivity (Wildman–Crippen MR) is 129 cm³/mol. The normalized spacial score (nSPS) is 22.7. The van der Waals surface area contributed by atoms with E-state index < -0.39 is 52.3 Å². The van der Waals surface area contributed by atoms with Crippen molar-refractivity contribution in [3.05, 3.63) is 69.7 Å². The number of carbonyl (C=O) groups excluding carboxylic acids is 4. The Balaban J connectivity index is 1.57. The van der Waals surface area contributed by atoms with E-state index in [9.17, 15) is 28.0 Å². The monoisotopic (exact) mass is 501 g/mol. The van der Waals surface area contributed by atoms with Gasteiger partial charge in [-0.1, -0.05) is 35.9 Å². The molecule has 7 nitrogen and oxygen atoms in total. The quantitative estimate of drug-likeness (QED) is 0.491. The lowest BCUT2D eigenvalue weighted by Gasteiger charge is -2.45. The van der Waals surface area contributed by atoms with Gasteiger partial charge >= 0.3 is 5.92 Å². The van der Waals surface area contributed by atoms with Gasteiger partial charge in [0.1, 0.15) is 15.7 Å². The van der Waals surface area contributed by atoms with Gasteiger partial charge in [-0.2, -0.15) is 8.78 Å². The van der Waals surface area contributed by atoms with Crippen molar-refractivity contribution in [1.82, 2.24) is 15.0 Å². The van der Waals surface area contributed by atoms with Crippen LogP contribution in [0.25, 0.3) is 0 Å². The fourth-order valence-electron chi connectivity index (χ4n) is 4.18. The van der Waals surface area contributed by atoms with Crippen molar-refractivity contribution in [2.45, 2.75) is 36.1 Å². The second kappa shape index (κ2) is 9.10. The van der Waals surface area contributed by atoms with Crippen LogP contribution in [0, 0.1) is 0 Å². The number of hydrogen-bond donors (Lipinski definition) is 1. The highest BCUT2D eigenvalue weighted by Crippen LogP contribution is 2.38. The zero-order valence-corrected chi connectivity index (χ0v) is 19.3. The molecule has 0 aliphatic carbocycles. The summed E-state index contributed by atoms with van der Waals surface area (Å²) in [6.07, 6.45) is -0.273. The molecule has 1 N–H and O–H groups in total. The molecule has 1 fully saturated rings. The van der Waals surface area contributed by atoms with Crippen LogP contribution in [0.4, 0.5) is 8.78 Å². The molecule has 2 unspecified atom stereocenters. The van der Waals surface area contributed by atoms with Crippen LogP contribution < -0.4 is 5.32 Å². The average Bonchev–Trinajstić information content (AvgIpc) is 3.17. The molecule has 3 atom stereocenters. The summed E-state index contributed by atoms with van der Waals surface area (Å²) in [4.78, 5) is 50.9. The molecule has 8 radical (unpaired) electrons. The van der Waals surface area contributed by atoms with Crippen molar-refractivity contribution in [3.63, 3.8) is 0 Å². The van der Waals surface area contributed by atoms with E-state index in [1.54, 1.807) is 0 Å². The molecule has 4 rings (SSSR count). The molecule has 0 spiro atoms. The molecule has 2 aliphatic heterocycles. The fraction of sp³-hybridized carbons (Fsp3) is 0.273. The van der Waals surface area contributed by atoms with Crippen LogP contribution in [-0.4, -0.2) is 70.3 Å². The second-order valence-electron chi connectivity index (χ2n) is 8.56. The average molecular weight is 501 g/mol. The molecule has 0 aromatic heterocycles. The van der Waals surface area contributed by atoms with E-state index in [1.807, 2.05) is 0 Å². The van der Waals surface area contributed by atoms with Crippen LogP contribution in [0.15, 0.2) is 42.5 Å². The van der Waals surface area contributed by atoms with Crippen LogP contribution >= 0.6 is 11.6 Å². The molecule has 174 valence electrons. The Labute approximate surface area is 215 Å². The second-order valence-corrected chi connectivity index (χ2v) is 9.00. The van der Waals surface area contributed by atoms with Crippen molar-refractivity contribution in [2.75, 3.05) is 0 Å². The SMILES string of the molecule is [B]C(c1ccc2c(c1)CN([C@@]1([B])C(=O)NC(=O)CC1[B])C2=O)N([B])C(=O)C(F)(F)c1ccc(Cl)cc1. The van der Waals surface area contributed by atoms with Gasteiger partial charge in [0.25, 0.3) is 11.8 Å². The lowest BCUT2D eigenvalue weighted by atomic mass is 9.56. The standard InChI is InChI=1S/C22H14B4ClF2N3O4/c23-15-8-16(33)30-19(35)21(15,25)31-9-11-7-10(1-6-14(11)18(31)34)17(24)32(26)20(36)22(28,29)12-2-4-13(27)5-3-12/h1-7,15,17H,8-9H2,(H,30,33,35)/t15?,17?,21-/m1/s1. The van der Waals surface area contributed by atoms with Gasteiger partial charge in [-0.15, -0.1) is 0 Å². The first-order chi connectivity index (χ1) is 16.8. The van der Waals surface area contributed by atoms with Gasteiger partial charge in [-0.3, -0.25) is 24.5 Å². The van der Waals surface area contributed by atoms with Crippen molar-refractivity contribution in [3.8, 4) is 0 Å². The summed E-state index contributed by atoms with van der Waals surface area (Å²) in [6.45, 7) is -0.181. The molecule has 2 aliphatic rings. The lowest BCUT2D eigenvalue weighted by Crippen LogP contribution is -2.66. The number of nitrogens with zero attached hydrogens (tertiary/aromatic N) is 2. The van der Waals surface area contributed by atoms with E-state index in [0.717, 1.165) is 17.0 Å². The van der Waals surface area contributed by atoms with Crippen LogP contribution in [0.2, 0.25) is 10.8 Å². The molecular weight excluding hydrogens is 487 g/mol. The predicted octanol–water partition coefficient (Wildman–Crippen LogP) is 1.04. The Morgan fingerprint density at radius 3 is 2.44 bits per heavy atom. The largest absolute Gasteiger partial charge is 0.393 e. The summed E-state index contributed by atoms with van der Waals surface area (Å²) in [5, 5.41) is 2.29. The van der Waals surface area contributed by atoms with Crippen molar-refractivity contribution >= 4 is 66.7 Å². The summed E-state index contributed by atoms with van der Waals surface area (Å²) >= 11 is 5.72. The number of imide groups is 1. The van der Waals surface area contributed by atoms with Gasteiger partial charge in [0.05, 0.1) is 13.3 Å². The summed E-state index contributed by atoms with van der Waals surface area (Å²) < 4.78 is 29.5. The third-order valence-electron chi connectivity index (χ3n) is 6.32. The number of benzene rings is 2. The summed E-state index contributed by atoms with van der Waals surface area (Å²) in [5.41, 5.74) is -1.97. The highest BCUT2D eigenvalue weighted by atomic mass is 35.5. The minimum Gasteiger partial charge on any atom is -0.393 e. The van der Waals surface area contributed by atoms with E-state index in [4.69, 9.17) is 43.1 Å². The van der Waals surface area contributed by atoms with Crippen molar-refractivity contribution in [1.29, 1.82) is 0 Å². The summed E-state index contributed by atoms with van der Waals surface area (Å²) in [7, 11) is 23.9. The zero-order chi connectivity index (χ0) is 26.6. The van der Waals surface area contributed by atoms with Crippen LogP contribution in [0.5, 0.6) is 0 Å². The highest BCUT2D eigenvalue weighted by Gasteiger charge is 2.51. The number of nitrogens with one attached hydrogen (secondary N) is 1. The third kappa shape index (κ3) is 4.13. The number of alkyl halides is 2. The molecule has 4 amide bonds. The number of amides is 4. The summed E-state index contributed by atoms with van der Waals surface area (Å²) in [6, 6.07) is 8.50. The highest BCUT2D eigenvalue weighted by molar-refractivity contribution is 6.38. The van der Waals surface area contributed by atoms with E-state index in [-0.39, 0.29) is 33.9 Å². The van der Waals surface area contributed by atoms with Gasteiger partial charge in [-0.25, -0.2) is 0 Å². The number of rotatable bonds is 5. The molecule has 36 heavy (non-hydrogen) atoms. The molecule has 2 aromatic carbocycles. The van der Waals surface area contributed by atoms with E-state index in [0.29, 0.717) is 5.56 Å². The maximum absolute atomic E-state index is 14.8. The van der Waals surface area contributed by atoms with Crippen LogP contribution in [0.1, 0.15) is 39.4 Å². The molecule has 2 aromatic rings. The fourth-order valence-corrected chi connectivity index (χ4v) is 4.31. The van der Waals surface area contributed by atoms with Gasteiger partial charge in [0.15, 0.2) is 0 Å². The lowest BCUT2D eigenvalue weighted by molar-refractivity contribution is -0.154. The minimum absolute atomic E-state index is 0.143. The Morgan fingerprint density at radius 1 is 1.19 bits per heavy atom. The van der Waals surface area contributed by atoms with Gasteiger partial charge < -0.3 is 9.71 Å². The van der Waals surface area contributed by atoms with Crippen molar-refractivity contribution in [2.24, 2.45) is 0 Å². The first-order valence-corrected chi connectivity index (χ1v) is 11.0. The van der Waals surface area contributed by atoms with E-state index in [2.05, 4.69) is 5.32 Å². The Hall–Kier alpha value is -3.07. The number of hydrogen-bond acceptors (Lipinski definition) is 4. The Morgan fingerprint density at radius 2 is 1.83 bits per heavy atom. The Bertz CT molecular complexity index is 1280. The van der Waals surface area contributed by atoms with E-state index >= 15 is 0 Å².